The van der Waals surface area contributed by atoms with Crippen molar-refractivity contribution in [2.24, 2.45) is 0 Å². The van der Waals surface area contributed by atoms with Crippen LogP contribution in [0.1, 0.15) is 6.42 Å². The van der Waals surface area contributed by atoms with Crippen LogP contribution in [-0.2, 0) is 19.6 Å². The smallest absolute Gasteiger partial charge is 0.293 e. The Morgan fingerprint density at radius 1 is 1.40 bits per heavy atom. The molecule has 0 fully saturated rings. The van der Waals surface area contributed by atoms with E-state index in [0.29, 0.717) is 12.9 Å². The Bertz CT molecular complexity index is 1030. The number of nitrogens with zero attached hydrogens (tertiary/aromatic N) is 2. The van der Waals surface area contributed by atoms with E-state index in [4.69, 9.17) is 16.3 Å². The predicted octanol–water partition coefficient (Wildman–Crippen LogP) is 2.95. The summed E-state index contributed by atoms with van der Waals surface area (Å²) in [7, 11) is -0.524. The zero-order chi connectivity index (χ0) is 21.9. The van der Waals surface area contributed by atoms with Crippen LogP contribution in [0.15, 0.2) is 40.8 Å². The molecule has 1 heterocycles. The first-order valence-electron chi connectivity index (χ1n) is 8.83. The Labute approximate surface area is 182 Å². The number of nitrogens with one attached hydrogen (secondary N) is 2. The Morgan fingerprint density at radius 3 is 2.80 bits per heavy atom. The topological polar surface area (TPSA) is 101 Å². The third-order valence-corrected chi connectivity index (χ3v) is 7.06. The van der Waals surface area contributed by atoms with E-state index in [0.717, 1.165) is 23.5 Å². The van der Waals surface area contributed by atoms with Crippen molar-refractivity contribution in [3.8, 4) is 0 Å². The maximum absolute atomic E-state index is 14.7. The molecule has 12 heteroatoms. The van der Waals surface area contributed by atoms with Gasteiger partial charge in [0, 0.05) is 17.6 Å². The number of sulfonamides is 1. The van der Waals surface area contributed by atoms with Gasteiger partial charge in [-0.15, -0.1) is 11.3 Å². The lowest BCUT2D eigenvalue weighted by Gasteiger charge is -2.39. The summed E-state index contributed by atoms with van der Waals surface area (Å²) in [6.07, 6.45) is 5.16. The normalized spacial score (nSPS) is 21.4. The first kappa shape index (κ1) is 22.5. The minimum atomic E-state index is -4.19. The number of likely N-dealkylation sites (N-methyl/N-ethyl adjacent to an activating group) is 1. The van der Waals surface area contributed by atoms with E-state index in [2.05, 4.69) is 15.0 Å². The molecule has 2 N–H and O–H groups in total. The van der Waals surface area contributed by atoms with Crippen LogP contribution < -0.4 is 10.0 Å². The number of thiazole rings is 1. The van der Waals surface area contributed by atoms with Gasteiger partial charge in [0.2, 0.25) is 0 Å². The fraction of sp³-hybridized carbons (Fsp3) is 0.333. The maximum Gasteiger partial charge on any atom is 0.293 e. The van der Waals surface area contributed by atoms with Crippen LogP contribution in [0.25, 0.3) is 0 Å². The Balaban J connectivity index is 1.86. The van der Waals surface area contributed by atoms with E-state index < -0.39 is 26.8 Å². The molecule has 1 aromatic heterocycles. The van der Waals surface area contributed by atoms with Crippen molar-refractivity contribution >= 4 is 50.3 Å². The summed E-state index contributed by atoms with van der Waals surface area (Å²) in [6.45, 7) is 0.385. The molecule has 0 saturated carbocycles. The first-order chi connectivity index (χ1) is 14.2. The standard InChI is InChI=1S/C18H20ClFN4O4S2/c1-24(2)17-13(4-3-5-15(17)28-10-25)22-14-9-12(20)16(8-11(14)19)30(26,27)23-18-21-6-7-29-18/h3,5-10,13,15,17,22H,4H2,1-2H3,(H,21,23)/t13-,15?,17+/m0/s1. The second-order valence-corrected chi connectivity index (χ2v) is 9.72. The van der Waals surface area contributed by atoms with E-state index in [1.54, 1.807) is 11.5 Å². The SMILES string of the molecule is CN(C)[C@H]1C(OC=O)C=CC[C@@H]1Nc1cc(F)c(S(=O)(=O)Nc2nccs2)cc1Cl. The summed E-state index contributed by atoms with van der Waals surface area (Å²) in [6, 6.07) is 1.59. The molecule has 0 aliphatic heterocycles. The van der Waals surface area contributed by atoms with Gasteiger partial charge in [-0.1, -0.05) is 17.7 Å². The average molecular weight is 475 g/mol. The summed E-state index contributed by atoms with van der Waals surface area (Å²) in [5.74, 6) is -0.959. The molecule has 30 heavy (non-hydrogen) atoms. The summed E-state index contributed by atoms with van der Waals surface area (Å²) in [5, 5.41) is 4.90. The van der Waals surface area contributed by atoms with Gasteiger partial charge < -0.3 is 15.0 Å². The zero-order valence-electron chi connectivity index (χ0n) is 16.1. The molecule has 162 valence electrons. The van der Waals surface area contributed by atoms with E-state index in [-0.39, 0.29) is 27.9 Å². The third kappa shape index (κ3) is 4.91. The highest BCUT2D eigenvalue weighted by Gasteiger charge is 2.34. The fourth-order valence-electron chi connectivity index (χ4n) is 3.32. The van der Waals surface area contributed by atoms with Gasteiger partial charge in [-0.25, -0.2) is 17.8 Å². The van der Waals surface area contributed by atoms with Gasteiger partial charge in [0.05, 0.1) is 16.8 Å². The molecule has 1 aliphatic carbocycles. The number of anilines is 2. The number of benzene rings is 1. The zero-order valence-corrected chi connectivity index (χ0v) is 18.5. The highest BCUT2D eigenvalue weighted by atomic mass is 35.5. The fourth-order valence-corrected chi connectivity index (χ4v) is 5.48. The molecule has 2 aromatic rings. The minimum absolute atomic E-state index is 0.0378. The number of aromatic nitrogens is 1. The lowest BCUT2D eigenvalue weighted by atomic mass is 9.92. The van der Waals surface area contributed by atoms with Crippen LogP contribution in [0.5, 0.6) is 0 Å². The number of rotatable bonds is 8. The van der Waals surface area contributed by atoms with Crippen molar-refractivity contribution < 1.29 is 22.3 Å². The molecule has 1 aromatic carbocycles. The number of halogens is 2. The van der Waals surface area contributed by atoms with Crippen molar-refractivity contribution in [1.82, 2.24) is 9.88 Å². The van der Waals surface area contributed by atoms with E-state index in [1.807, 2.05) is 25.1 Å². The quantitative estimate of drug-likeness (QED) is 0.448. The molecule has 1 unspecified atom stereocenters. The largest absolute Gasteiger partial charge is 0.459 e. The van der Waals surface area contributed by atoms with Gasteiger partial charge in [-0.3, -0.25) is 9.52 Å². The number of carbonyl (C=O) groups excluding carboxylic acids is 1. The molecular weight excluding hydrogens is 455 g/mol. The van der Waals surface area contributed by atoms with Crippen molar-refractivity contribution in [3.63, 3.8) is 0 Å². The molecule has 0 saturated heterocycles. The molecule has 0 amide bonds. The van der Waals surface area contributed by atoms with Gasteiger partial charge in [-0.2, -0.15) is 0 Å². The molecule has 3 rings (SSSR count). The predicted molar refractivity (Wildman–Crippen MR) is 114 cm³/mol. The molecule has 3 atom stereocenters. The lowest BCUT2D eigenvalue weighted by molar-refractivity contribution is -0.134. The van der Waals surface area contributed by atoms with Crippen LogP contribution in [0.4, 0.5) is 15.2 Å². The third-order valence-electron chi connectivity index (χ3n) is 4.58. The molecular formula is C18H20ClFN4O4S2. The Morgan fingerprint density at radius 2 is 2.17 bits per heavy atom. The van der Waals surface area contributed by atoms with E-state index in [9.17, 15) is 17.6 Å². The van der Waals surface area contributed by atoms with E-state index in [1.165, 1.54) is 6.20 Å². The van der Waals surface area contributed by atoms with Gasteiger partial charge in [0.15, 0.2) is 5.13 Å². The highest BCUT2D eigenvalue weighted by molar-refractivity contribution is 7.93. The van der Waals surface area contributed by atoms with Crippen molar-refractivity contribution in [2.75, 3.05) is 24.1 Å². The highest BCUT2D eigenvalue weighted by Crippen LogP contribution is 2.32. The van der Waals surface area contributed by atoms with Crippen molar-refractivity contribution in [1.29, 1.82) is 0 Å². The summed E-state index contributed by atoms with van der Waals surface area (Å²) < 4.78 is 47.1. The second-order valence-electron chi connectivity index (χ2n) is 6.77. The number of hydrogen-bond donors (Lipinski definition) is 2. The van der Waals surface area contributed by atoms with Gasteiger partial charge in [-0.05, 0) is 38.7 Å². The molecule has 0 bridgehead atoms. The van der Waals surface area contributed by atoms with Gasteiger partial charge in [0.25, 0.3) is 16.5 Å². The summed E-state index contributed by atoms with van der Waals surface area (Å²) >= 11 is 7.35. The second kappa shape index (κ2) is 9.29. The summed E-state index contributed by atoms with van der Waals surface area (Å²) in [4.78, 5) is 16.0. The van der Waals surface area contributed by atoms with Crippen LogP contribution in [0.3, 0.4) is 0 Å². The monoisotopic (exact) mass is 474 g/mol. The Kier molecular flexibility index (Phi) is 6.96. The lowest BCUT2D eigenvalue weighted by Crippen LogP contribution is -2.52. The Hall–Kier alpha value is -2.21. The first-order valence-corrected chi connectivity index (χ1v) is 11.6. The average Bonchev–Trinajstić information content (AvgIpc) is 3.16. The van der Waals surface area contributed by atoms with E-state index >= 15 is 0 Å². The molecule has 1 aliphatic rings. The maximum atomic E-state index is 14.7. The van der Waals surface area contributed by atoms with Crippen LogP contribution in [-0.4, -0.2) is 57.1 Å². The van der Waals surface area contributed by atoms with Crippen molar-refractivity contribution in [3.05, 3.63) is 46.7 Å². The van der Waals surface area contributed by atoms with Gasteiger partial charge >= 0.3 is 0 Å². The number of hydrogen-bond acceptors (Lipinski definition) is 8. The minimum Gasteiger partial charge on any atom is -0.459 e. The number of ether oxygens (including phenoxy) is 1. The number of carbonyl (C=O) groups is 1. The molecule has 0 radical (unpaired) electrons. The summed E-state index contributed by atoms with van der Waals surface area (Å²) in [5.41, 5.74) is 0.236. The van der Waals surface area contributed by atoms with Crippen LogP contribution in [0, 0.1) is 5.82 Å². The van der Waals surface area contributed by atoms with Crippen molar-refractivity contribution in [2.45, 2.75) is 29.5 Å². The van der Waals surface area contributed by atoms with Crippen LogP contribution in [0.2, 0.25) is 5.02 Å². The molecule has 0 spiro atoms. The van der Waals surface area contributed by atoms with Gasteiger partial charge in [0.1, 0.15) is 16.8 Å². The molecule has 8 nitrogen and oxygen atoms in total. The van der Waals surface area contributed by atoms with Crippen LogP contribution >= 0.6 is 22.9 Å².